The highest BCUT2D eigenvalue weighted by Crippen LogP contribution is 2.18. The standard InChI is InChI=1S/C8H6ClIO/c9-8-5-7(10)2-1-6(8)3-4-11/h1-2,4-5H,3H2. The van der Waals surface area contributed by atoms with Crippen molar-refractivity contribution in [2.24, 2.45) is 0 Å². The maximum atomic E-state index is 10.2. The van der Waals surface area contributed by atoms with Gasteiger partial charge >= 0.3 is 0 Å². The Morgan fingerprint density at radius 3 is 2.82 bits per heavy atom. The van der Waals surface area contributed by atoms with Crippen LogP contribution in [0.2, 0.25) is 5.02 Å². The van der Waals surface area contributed by atoms with Gasteiger partial charge in [0.15, 0.2) is 0 Å². The Hall–Kier alpha value is -0.0900. The van der Waals surface area contributed by atoms with Crippen LogP contribution in [0.4, 0.5) is 0 Å². The monoisotopic (exact) mass is 280 g/mol. The molecular formula is C8H6ClIO. The Morgan fingerprint density at radius 2 is 2.27 bits per heavy atom. The molecule has 0 saturated heterocycles. The molecule has 0 radical (unpaired) electrons. The highest BCUT2D eigenvalue weighted by molar-refractivity contribution is 14.1. The van der Waals surface area contributed by atoms with E-state index in [1.807, 2.05) is 18.2 Å². The summed E-state index contributed by atoms with van der Waals surface area (Å²) in [7, 11) is 0. The molecule has 0 aliphatic carbocycles. The summed E-state index contributed by atoms with van der Waals surface area (Å²) in [4.78, 5) is 10.2. The van der Waals surface area contributed by atoms with Gasteiger partial charge in [0.1, 0.15) is 6.29 Å². The number of halogens is 2. The quantitative estimate of drug-likeness (QED) is 0.601. The lowest BCUT2D eigenvalue weighted by Crippen LogP contribution is -1.87. The topological polar surface area (TPSA) is 17.1 Å². The van der Waals surface area contributed by atoms with Crippen LogP contribution in [0.1, 0.15) is 5.56 Å². The molecule has 1 rings (SSSR count). The maximum Gasteiger partial charge on any atom is 0.124 e. The zero-order valence-corrected chi connectivity index (χ0v) is 8.59. The molecule has 0 heterocycles. The van der Waals surface area contributed by atoms with E-state index in [4.69, 9.17) is 11.6 Å². The Kier molecular flexibility index (Phi) is 3.33. The van der Waals surface area contributed by atoms with Gasteiger partial charge in [-0.1, -0.05) is 17.7 Å². The van der Waals surface area contributed by atoms with Crippen molar-refractivity contribution in [1.29, 1.82) is 0 Å². The van der Waals surface area contributed by atoms with Crippen molar-refractivity contribution in [3.63, 3.8) is 0 Å². The van der Waals surface area contributed by atoms with E-state index in [9.17, 15) is 4.79 Å². The fraction of sp³-hybridized carbons (Fsp3) is 0.125. The van der Waals surface area contributed by atoms with Crippen LogP contribution in [0.15, 0.2) is 18.2 Å². The summed E-state index contributed by atoms with van der Waals surface area (Å²) in [6, 6.07) is 5.66. The largest absolute Gasteiger partial charge is 0.303 e. The molecule has 3 heteroatoms. The fourth-order valence-corrected chi connectivity index (χ4v) is 1.71. The van der Waals surface area contributed by atoms with E-state index in [1.165, 1.54) is 0 Å². The van der Waals surface area contributed by atoms with Gasteiger partial charge in [-0.3, -0.25) is 0 Å². The van der Waals surface area contributed by atoms with Crippen molar-refractivity contribution in [2.45, 2.75) is 6.42 Å². The fourth-order valence-electron chi connectivity index (χ4n) is 0.777. The SMILES string of the molecule is O=CCc1ccc(I)cc1Cl. The third-order valence-electron chi connectivity index (χ3n) is 1.32. The van der Waals surface area contributed by atoms with Crippen molar-refractivity contribution >= 4 is 40.5 Å². The highest BCUT2D eigenvalue weighted by Gasteiger charge is 1.98. The average Bonchev–Trinajstić information content (AvgIpc) is 1.95. The smallest absolute Gasteiger partial charge is 0.124 e. The minimum Gasteiger partial charge on any atom is -0.303 e. The van der Waals surface area contributed by atoms with Gasteiger partial charge in [0.25, 0.3) is 0 Å². The van der Waals surface area contributed by atoms with Crippen LogP contribution in [0.5, 0.6) is 0 Å². The van der Waals surface area contributed by atoms with E-state index >= 15 is 0 Å². The van der Waals surface area contributed by atoms with Gasteiger partial charge in [-0.2, -0.15) is 0 Å². The average molecular weight is 280 g/mol. The molecule has 1 aromatic rings. The number of carbonyl (C=O) groups excluding carboxylic acids is 1. The molecular weight excluding hydrogens is 274 g/mol. The van der Waals surface area contributed by atoms with E-state index in [-0.39, 0.29) is 0 Å². The van der Waals surface area contributed by atoms with Crippen LogP contribution in [0.3, 0.4) is 0 Å². The number of hydrogen-bond acceptors (Lipinski definition) is 1. The molecule has 0 aliphatic rings. The minimum atomic E-state index is 0.399. The normalized spacial score (nSPS) is 9.64. The summed E-state index contributed by atoms with van der Waals surface area (Å²) in [6.45, 7) is 0. The van der Waals surface area contributed by atoms with E-state index in [2.05, 4.69) is 22.6 Å². The van der Waals surface area contributed by atoms with Gasteiger partial charge < -0.3 is 4.79 Å². The van der Waals surface area contributed by atoms with E-state index in [0.717, 1.165) is 15.4 Å². The van der Waals surface area contributed by atoms with Crippen LogP contribution >= 0.6 is 34.2 Å². The third kappa shape index (κ3) is 2.45. The lowest BCUT2D eigenvalue weighted by Gasteiger charge is -1.98. The summed E-state index contributed by atoms with van der Waals surface area (Å²) in [5, 5.41) is 0.670. The molecule has 0 bridgehead atoms. The number of benzene rings is 1. The lowest BCUT2D eigenvalue weighted by atomic mass is 10.2. The van der Waals surface area contributed by atoms with Crippen LogP contribution in [0, 0.1) is 3.57 Å². The first-order valence-electron chi connectivity index (χ1n) is 3.11. The molecule has 0 aromatic heterocycles. The molecule has 58 valence electrons. The molecule has 0 unspecified atom stereocenters. The highest BCUT2D eigenvalue weighted by atomic mass is 127. The predicted octanol–water partition coefficient (Wildman–Crippen LogP) is 2.69. The molecule has 0 atom stereocenters. The Bertz CT molecular complexity index is 273. The minimum absolute atomic E-state index is 0.399. The molecule has 0 amide bonds. The summed E-state index contributed by atoms with van der Waals surface area (Å²) in [5.74, 6) is 0. The number of hydrogen-bond donors (Lipinski definition) is 0. The first kappa shape index (κ1) is 9.00. The zero-order valence-electron chi connectivity index (χ0n) is 5.68. The summed E-state index contributed by atoms with van der Waals surface area (Å²) in [5.41, 5.74) is 0.891. The third-order valence-corrected chi connectivity index (χ3v) is 2.34. The molecule has 11 heavy (non-hydrogen) atoms. The van der Waals surface area contributed by atoms with Crippen molar-refractivity contribution in [2.75, 3.05) is 0 Å². The van der Waals surface area contributed by atoms with Crippen LogP contribution < -0.4 is 0 Å². The molecule has 0 spiro atoms. The first-order chi connectivity index (χ1) is 5.24. The Morgan fingerprint density at radius 1 is 1.55 bits per heavy atom. The molecule has 1 aromatic carbocycles. The van der Waals surface area contributed by atoms with Gasteiger partial charge in [-0.15, -0.1) is 0 Å². The number of rotatable bonds is 2. The van der Waals surface area contributed by atoms with Gasteiger partial charge in [0.2, 0.25) is 0 Å². The van der Waals surface area contributed by atoms with E-state index in [1.54, 1.807) is 0 Å². The van der Waals surface area contributed by atoms with Gasteiger partial charge in [0.05, 0.1) is 0 Å². The van der Waals surface area contributed by atoms with Crippen molar-refractivity contribution < 1.29 is 4.79 Å². The van der Waals surface area contributed by atoms with Gasteiger partial charge in [-0.25, -0.2) is 0 Å². The molecule has 0 N–H and O–H groups in total. The molecule has 0 saturated carbocycles. The maximum absolute atomic E-state index is 10.2. The molecule has 0 aliphatic heterocycles. The van der Waals surface area contributed by atoms with Gasteiger partial charge in [-0.05, 0) is 40.3 Å². The van der Waals surface area contributed by atoms with Crippen LogP contribution in [-0.4, -0.2) is 6.29 Å². The second kappa shape index (κ2) is 4.07. The van der Waals surface area contributed by atoms with E-state index < -0.39 is 0 Å². The van der Waals surface area contributed by atoms with Crippen molar-refractivity contribution in [3.8, 4) is 0 Å². The molecule has 0 fully saturated rings. The first-order valence-corrected chi connectivity index (χ1v) is 4.57. The van der Waals surface area contributed by atoms with E-state index in [0.29, 0.717) is 11.4 Å². The number of aldehydes is 1. The second-order valence-corrected chi connectivity index (χ2v) is 3.76. The summed E-state index contributed by atoms with van der Waals surface area (Å²) < 4.78 is 1.09. The molecule has 1 nitrogen and oxygen atoms in total. The van der Waals surface area contributed by atoms with Crippen LogP contribution in [0.25, 0.3) is 0 Å². The summed E-state index contributed by atoms with van der Waals surface area (Å²) in [6.07, 6.45) is 1.25. The van der Waals surface area contributed by atoms with Crippen molar-refractivity contribution in [1.82, 2.24) is 0 Å². The lowest BCUT2D eigenvalue weighted by molar-refractivity contribution is -0.107. The zero-order chi connectivity index (χ0) is 8.27. The Labute approximate surface area is 83.9 Å². The van der Waals surface area contributed by atoms with Crippen LogP contribution in [-0.2, 0) is 11.2 Å². The van der Waals surface area contributed by atoms with Gasteiger partial charge in [0, 0.05) is 15.0 Å². The summed E-state index contributed by atoms with van der Waals surface area (Å²) >= 11 is 8.02. The Balaban J connectivity index is 2.98. The predicted molar refractivity (Wildman–Crippen MR) is 53.9 cm³/mol. The van der Waals surface area contributed by atoms with Crippen molar-refractivity contribution in [3.05, 3.63) is 32.4 Å². The number of carbonyl (C=O) groups is 1. The second-order valence-electron chi connectivity index (χ2n) is 2.11.